The molecule has 0 atom stereocenters. The number of methoxy groups -OCH3 is 1. The van der Waals surface area contributed by atoms with Crippen molar-refractivity contribution in [2.24, 2.45) is 0 Å². The molecule has 0 saturated carbocycles. The molecule has 1 amide bonds. The standard InChI is InChI=1S/C18H26N4O4/c1-18(2,3)17-21-16(26-22-17)7-5-6-14(23)20-13-8-9-15(19-12-13)25-11-10-24-4/h8-9,12H,5-7,10-11H2,1-4H3,(H,20,23). The van der Waals surface area contributed by atoms with Crippen LogP contribution in [0.5, 0.6) is 5.88 Å². The maximum Gasteiger partial charge on any atom is 0.226 e. The third kappa shape index (κ3) is 6.44. The number of hydrogen-bond acceptors (Lipinski definition) is 7. The molecule has 8 heteroatoms. The van der Waals surface area contributed by atoms with Crippen LogP contribution in [-0.4, -0.2) is 41.4 Å². The van der Waals surface area contributed by atoms with Crippen molar-refractivity contribution in [2.75, 3.05) is 25.6 Å². The molecule has 2 heterocycles. The molecule has 0 bridgehead atoms. The highest BCUT2D eigenvalue weighted by Crippen LogP contribution is 2.19. The molecule has 142 valence electrons. The van der Waals surface area contributed by atoms with E-state index in [9.17, 15) is 4.79 Å². The molecule has 0 spiro atoms. The van der Waals surface area contributed by atoms with Gasteiger partial charge >= 0.3 is 0 Å². The summed E-state index contributed by atoms with van der Waals surface area (Å²) in [7, 11) is 1.61. The van der Waals surface area contributed by atoms with Crippen molar-refractivity contribution >= 4 is 11.6 Å². The lowest BCUT2D eigenvalue weighted by molar-refractivity contribution is -0.116. The lowest BCUT2D eigenvalue weighted by Gasteiger charge is -2.10. The first-order chi connectivity index (χ1) is 12.4. The van der Waals surface area contributed by atoms with Crippen molar-refractivity contribution in [3.63, 3.8) is 0 Å². The topological polar surface area (TPSA) is 99.4 Å². The summed E-state index contributed by atoms with van der Waals surface area (Å²) in [6.45, 7) is 7.00. The zero-order valence-electron chi connectivity index (χ0n) is 15.7. The minimum absolute atomic E-state index is 0.0876. The first-order valence-electron chi connectivity index (χ1n) is 8.59. The van der Waals surface area contributed by atoms with Crippen molar-refractivity contribution in [1.29, 1.82) is 0 Å². The zero-order valence-corrected chi connectivity index (χ0v) is 15.7. The smallest absolute Gasteiger partial charge is 0.226 e. The largest absolute Gasteiger partial charge is 0.475 e. The fraction of sp³-hybridized carbons (Fsp3) is 0.556. The summed E-state index contributed by atoms with van der Waals surface area (Å²) in [4.78, 5) is 20.5. The van der Waals surface area contributed by atoms with E-state index in [-0.39, 0.29) is 11.3 Å². The van der Waals surface area contributed by atoms with Crippen LogP contribution in [0.1, 0.15) is 45.3 Å². The predicted octanol–water partition coefficient (Wildman–Crippen LogP) is 2.75. The van der Waals surface area contributed by atoms with E-state index in [0.29, 0.717) is 55.8 Å². The first-order valence-corrected chi connectivity index (χ1v) is 8.59. The molecular weight excluding hydrogens is 336 g/mol. The Labute approximate surface area is 153 Å². The van der Waals surface area contributed by atoms with E-state index in [4.69, 9.17) is 14.0 Å². The quantitative estimate of drug-likeness (QED) is 0.685. The molecule has 0 aromatic carbocycles. The highest BCUT2D eigenvalue weighted by atomic mass is 16.5. The molecule has 26 heavy (non-hydrogen) atoms. The Bertz CT molecular complexity index is 692. The first kappa shape index (κ1) is 19.8. The van der Waals surface area contributed by atoms with Crippen LogP contribution in [0.2, 0.25) is 0 Å². The number of anilines is 1. The van der Waals surface area contributed by atoms with Crippen molar-refractivity contribution in [2.45, 2.75) is 45.4 Å². The van der Waals surface area contributed by atoms with Gasteiger partial charge < -0.3 is 19.3 Å². The second-order valence-electron chi connectivity index (χ2n) is 6.89. The van der Waals surface area contributed by atoms with Gasteiger partial charge in [-0.05, 0) is 12.5 Å². The number of nitrogens with zero attached hydrogens (tertiary/aromatic N) is 3. The van der Waals surface area contributed by atoms with Gasteiger partial charge in [-0.3, -0.25) is 4.79 Å². The molecule has 2 rings (SSSR count). The van der Waals surface area contributed by atoms with Crippen LogP contribution in [-0.2, 0) is 21.4 Å². The van der Waals surface area contributed by atoms with Crippen molar-refractivity contribution in [3.8, 4) is 5.88 Å². The van der Waals surface area contributed by atoms with E-state index < -0.39 is 0 Å². The molecule has 0 aliphatic rings. The van der Waals surface area contributed by atoms with Gasteiger partial charge in [0.15, 0.2) is 5.82 Å². The van der Waals surface area contributed by atoms with Crippen molar-refractivity contribution in [1.82, 2.24) is 15.1 Å². The summed E-state index contributed by atoms with van der Waals surface area (Å²) in [6, 6.07) is 3.46. The summed E-state index contributed by atoms with van der Waals surface area (Å²) < 4.78 is 15.5. The van der Waals surface area contributed by atoms with Crippen LogP contribution < -0.4 is 10.1 Å². The van der Waals surface area contributed by atoms with E-state index in [2.05, 4.69) is 20.4 Å². The number of rotatable bonds is 9. The SMILES string of the molecule is COCCOc1ccc(NC(=O)CCCc2nc(C(C)(C)C)no2)cn1. The second-order valence-corrected chi connectivity index (χ2v) is 6.89. The lowest BCUT2D eigenvalue weighted by Crippen LogP contribution is -2.13. The summed E-state index contributed by atoms with van der Waals surface area (Å²) in [6.07, 6.45) is 3.12. The monoisotopic (exact) mass is 362 g/mol. The Morgan fingerprint density at radius 1 is 1.27 bits per heavy atom. The minimum atomic E-state index is -0.147. The number of nitrogens with one attached hydrogen (secondary N) is 1. The Balaban J connectivity index is 1.72. The van der Waals surface area contributed by atoms with Gasteiger partial charge in [0.05, 0.1) is 18.5 Å². The van der Waals surface area contributed by atoms with Gasteiger partial charge in [-0.1, -0.05) is 25.9 Å². The molecule has 0 aliphatic heterocycles. The molecule has 0 aliphatic carbocycles. The van der Waals surface area contributed by atoms with Crippen LogP contribution in [0, 0.1) is 0 Å². The number of aromatic nitrogens is 3. The Kier molecular flexibility index (Phi) is 7.08. The van der Waals surface area contributed by atoms with Gasteiger partial charge in [-0.2, -0.15) is 4.98 Å². The van der Waals surface area contributed by atoms with Crippen LogP contribution in [0.15, 0.2) is 22.9 Å². The van der Waals surface area contributed by atoms with Crippen LogP contribution >= 0.6 is 0 Å². The second kappa shape index (κ2) is 9.28. The van der Waals surface area contributed by atoms with Crippen molar-refractivity contribution in [3.05, 3.63) is 30.0 Å². The van der Waals surface area contributed by atoms with Crippen molar-refractivity contribution < 1.29 is 18.8 Å². The van der Waals surface area contributed by atoms with E-state index >= 15 is 0 Å². The van der Waals surface area contributed by atoms with Gasteiger partial charge in [0, 0.05) is 31.4 Å². The zero-order chi connectivity index (χ0) is 19.0. The van der Waals surface area contributed by atoms with Gasteiger partial charge in [0.25, 0.3) is 0 Å². The highest BCUT2D eigenvalue weighted by Gasteiger charge is 2.20. The average molecular weight is 362 g/mol. The number of aryl methyl sites for hydroxylation is 1. The molecule has 0 radical (unpaired) electrons. The third-order valence-electron chi connectivity index (χ3n) is 3.49. The molecule has 8 nitrogen and oxygen atoms in total. The molecule has 0 saturated heterocycles. The summed E-state index contributed by atoms with van der Waals surface area (Å²) in [5.74, 6) is 1.64. The number of hydrogen-bond donors (Lipinski definition) is 1. The molecule has 0 fully saturated rings. The average Bonchev–Trinajstić information content (AvgIpc) is 3.06. The number of ether oxygens (including phenoxy) is 2. The van der Waals surface area contributed by atoms with E-state index in [1.54, 1.807) is 25.4 Å². The maximum absolute atomic E-state index is 12.0. The number of carbonyl (C=O) groups is 1. The molecule has 2 aromatic heterocycles. The molecular formula is C18H26N4O4. The van der Waals surface area contributed by atoms with Gasteiger partial charge in [0.1, 0.15) is 6.61 Å². The fourth-order valence-corrected chi connectivity index (χ4v) is 2.05. The summed E-state index contributed by atoms with van der Waals surface area (Å²) in [5.41, 5.74) is 0.480. The third-order valence-corrected chi connectivity index (χ3v) is 3.49. The number of pyridine rings is 1. The molecule has 2 aromatic rings. The van der Waals surface area contributed by atoms with E-state index in [1.165, 1.54) is 0 Å². The van der Waals surface area contributed by atoms with E-state index in [1.807, 2.05) is 20.8 Å². The Morgan fingerprint density at radius 3 is 2.69 bits per heavy atom. The minimum Gasteiger partial charge on any atom is -0.475 e. The Hall–Kier alpha value is -2.48. The Morgan fingerprint density at radius 2 is 2.08 bits per heavy atom. The van der Waals surface area contributed by atoms with E-state index in [0.717, 1.165) is 0 Å². The lowest BCUT2D eigenvalue weighted by atomic mass is 9.96. The van der Waals surface area contributed by atoms with Crippen LogP contribution in [0.25, 0.3) is 0 Å². The van der Waals surface area contributed by atoms with Crippen LogP contribution in [0.4, 0.5) is 5.69 Å². The molecule has 1 N–H and O–H groups in total. The number of carbonyl (C=O) groups excluding carboxylic acids is 1. The molecule has 0 unspecified atom stereocenters. The highest BCUT2D eigenvalue weighted by molar-refractivity contribution is 5.90. The van der Waals surface area contributed by atoms with Gasteiger partial charge in [-0.25, -0.2) is 4.98 Å². The van der Waals surface area contributed by atoms with Gasteiger partial charge in [-0.15, -0.1) is 0 Å². The maximum atomic E-state index is 12.0. The number of amides is 1. The summed E-state index contributed by atoms with van der Waals surface area (Å²) >= 11 is 0. The summed E-state index contributed by atoms with van der Waals surface area (Å²) in [5, 5.41) is 6.78. The predicted molar refractivity (Wildman–Crippen MR) is 96.2 cm³/mol. The van der Waals surface area contributed by atoms with Gasteiger partial charge in [0.2, 0.25) is 17.7 Å². The normalized spacial score (nSPS) is 11.4. The fourth-order valence-electron chi connectivity index (χ4n) is 2.05. The van der Waals surface area contributed by atoms with Crippen LogP contribution in [0.3, 0.4) is 0 Å².